The fourth-order valence-corrected chi connectivity index (χ4v) is 6.03. The highest BCUT2D eigenvalue weighted by atomic mass is 32.1. The molecule has 6 heteroatoms. The van der Waals surface area contributed by atoms with Gasteiger partial charge in [0.05, 0.1) is 17.4 Å². The van der Waals surface area contributed by atoms with Gasteiger partial charge >= 0.3 is 5.97 Å². The number of carboxylic acids is 1. The minimum absolute atomic E-state index is 0.0688. The Bertz CT molecular complexity index is 1090. The summed E-state index contributed by atoms with van der Waals surface area (Å²) in [7, 11) is 0. The molecule has 1 saturated carbocycles. The Labute approximate surface area is 186 Å². The van der Waals surface area contributed by atoms with E-state index in [2.05, 4.69) is 37.4 Å². The number of nitrogens with one attached hydrogen (secondary N) is 1. The summed E-state index contributed by atoms with van der Waals surface area (Å²) in [4.78, 5) is 26.0. The number of anilines is 1. The predicted octanol–water partition coefficient (Wildman–Crippen LogP) is 5.57. The van der Waals surface area contributed by atoms with Gasteiger partial charge in [0, 0.05) is 10.4 Å². The standard InChI is InChI=1S/C25H26N2O3S/c1-13(2)15-4-6-16(7-5-15)20-14(3)31-24(19(20)12-26)27-23(28)21-17-8-10-18(11-9-17)22(21)25(29)30/h4-8,10,13,17-18,21-22H,9,11H2,1-3H3,(H,27,28)(H,29,30)/t17-,18+,21-,22+/m1/s1. The summed E-state index contributed by atoms with van der Waals surface area (Å²) in [6, 6.07) is 10.4. The van der Waals surface area contributed by atoms with E-state index in [0.717, 1.165) is 28.8 Å². The summed E-state index contributed by atoms with van der Waals surface area (Å²) in [5, 5.41) is 23.1. The number of aryl methyl sites for hydroxylation is 1. The zero-order chi connectivity index (χ0) is 22.3. The second-order valence-corrected chi connectivity index (χ2v) is 10.0. The van der Waals surface area contributed by atoms with Crippen molar-refractivity contribution < 1.29 is 14.7 Å². The second-order valence-electron chi connectivity index (χ2n) is 8.79. The molecule has 4 atom stereocenters. The van der Waals surface area contributed by atoms with Gasteiger partial charge in [-0.15, -0.1) is 11.3 Å². The van der Waals surface area contributed by atoms with Crippen molar-refractivity contribution in [1.82, 2.24) is 0 Å². The Morgan fingerprint density at radius 3 is 2.26 bits per heavy atom. The third-order valence-electron chi connectivity index (χ3n) is 6.64. The van der Waals surface area contributed by atoms with Crippen molar-refractivity contribution >= 4 is 28.2 Å². The molecule has 0 radical (unpaired) electrons. The number of rotatable bonds is 5. The Morgan fingerprint density at radius 2 is 1.74 bits per heavy atom. The molecule has 2 N–H and O–H groups in total. The quantitative estimate of drug-likeness (QED) is 0.602. The van der Waals surface area contributed by atoms with Gasteiger partial charge in [-0.05, 0) is 48.6 Å². The third-order valence-corrected chi connectivity index (χ3v) is 7.66. The number of nitriles is 1. The average molecular weight is 435 g/mol. The lowest BCUT2D eigenvalue weighted by Gasteiger charge is -2.41. The first-order chi connectivity index (χ1) is 14.8. The molecule has 1 fully saturated rings. The summed E-state index contributed by atoms with van der Waals surface area (Å²) < 4.78 is 0. The van der Waals surface area contributed by atoms with Gasteiger partial charge in [-0.2, -0.15) is 5.26 Å². The van der Waals surface area contributed by atoms with E-state index in [-0.39, 0.29) is 17.7 Å². The highest BCUT2D eigenvalue weighted by Gasteiger charge is 2.48. The molecule has 1 aromatic heterocycles. The normalized spacial score (nSPS) is 24.2. The van der Waals surface area contributed by atoms with E-state index in [1.165, 1.54) is 16.9 Å². The number of carbonyl (C=O) groups is 2. The van der Waals surface area contributed by atoms with Gasteiger partial charge in [-0.1, -0.05) is 50.3 Å². The molecule has 0 saturated heterocycles. The summed E-state index contributed by atoms with van der Waals surface area (Å²) in [5.74, 6) is -2.29. The van der Waals surface area contributed by atoms with Crippen molar-refractivity contribution in [3.05, 3.63) is 52.4 Å². The van der Waals surface area contributed by atoms with Crippen LogP contribution in [0.2, 0.25) is 0 Å². The third kappa shape index (κ3) is 3.79. The number of thiophene rings is 1. The summed E-state index contributed by atoms with van der Waals surface area (Å²) in [5.41, 5.74) is 3.44. The smallest absolute Gasteiger partial charge is 0.307 e. The summed E-state index contributed by atoms with van der Waals surface area (Å²) in [6.07, 6.45) is 5.57. The zero-order valence-electron chi connectivity index (χ0n) is 17.9. The molecule has 0 unspecified atom stereocenters. The van der Waals surface area contributed by atoms with E-state index in [9.17, 15) is 20.0 Å². The fourth-order valence-electron chi connectivity index (χ4n) is 5.01. The molecule has 1 heterocycles. The van der Waals surface area contributed by atoms with Gasteiger partial charge in [0.15, 0.2) is 0 Å². The molecule has 2 bridgehead atoms. The van der Waals surface area contributed by atoms with Crippen LogP contribution in [0.25, 0.3) is 11.1 Å². The number of hydrogen-bond acceptors (Lipinski definition) is 4. The monoisotopic (exact) mass is 434 g/mol. The molecule has 0 spiro atoms. The van der Waals surface area contributed by atoms with Crippen LogP contribution in [0.5, 0.6) is 0 Å². The minimum Gasteiger partial charge on any atom is -0.481 e. The van der Waals surface area contributed by atoms with E-state index in [4.69, 9.17) is 0 Å². The molecule has 1 amide bonds. The van der Waals surface area contributed by atoms with Crippen LogP contribution in [0.3, 0.4) is 0 Å². The van der Waals surface area contributed by atoms with Crippen LogP contribution in [0.15, 0.2) is 36.4 Å². The van der Waals surface area contributed by atoms with Crippen molar-refractivity contribution in [3.63, 3.8) is 0 Å². The molecule has 5 rings (SSSR count). The lowest BCUT2D eigenvalue weighted by molar-refractivity contribution is -0.151. The Morgan fingerprint density at radius 1 is 1.13 bits per heavy atom. The molecule has 3 aliphatic rings. The average Bonchev–Trinajstić information content (AvgIpc) is 3.08. The molecule has 3 aliphatic carbocycles. The molecule has 1 aromatic carbocycles. The maximum Gasteiger partial charge on any atom is 0.307 e. The van der Waals surface area contributed by atoms with Crippen LogP contribution in [0.4, 0.5) is 5.00 Å². The molecular weight excluding hydrogens is 408 g/mol. The highest BCUT2D eigenvalue weighted by molar-refractivity contribution is 7.17. The number of fused-ring (bicyclic) bond motifs is 2. The maximum absolute atomic E-state index is 13.2. The van der Waals surface area contributed by atoms with E-state index in [0.29, 0.717) is 16.5 Å². The molecule has 160 valence electrons. The number of benzene rings is 1. The van der Waals surface area contributed by atoms with Gasteiger partial charge in [0.2, 0.25) is 5.91 Å². The van der Waals surface area contributed by atoms with Gasteiger partial charge in [0.25, 0.3) is 0 Å². The molecule has 5 nitrogen and oxygen atoms in total. The van der Waals surface area contributed by atoms with E-state index in [1.54, 1.807) is 0 Å². The summed E-state index contributed by atoms with van der Waals surface area (Å²) in [6.45, 7) is 6.21. The molecule has 0 aliphatic heterocycles. The number of hydrogen-bond donors (Lipinski definition) is 2. The zero-order valence-corrected chi connectivity index (χ0v) is 18.7. The van der Waals surface area contributed by atoms with E-state index < -0.39 is 17.8 Å². The Hall–Kier alpha value is -2.91. The molecule has 31 heavy (non-hydrogen) atoms. The number of carboxylic acid groups (broad SMARTS) is 1. The van der Waals surface area contributed by atoms with Crippen molar-refractivity contribution in [2.45, 2.75) is 39.5 Å². The van der Waals surface area contributed by atoms with Gasteiger partial charge < -0.3 is 10.4 Å². The topological polar surface area (TPSA) is 90.2 Å². The van der Waals surface area contributed by atoms with Crippen molar-refractivity contribution in [3.8, 4) is 17.2 Å². The van der Waals surface area contributed by atoms with Gasteiger partial charge in [0.1, 0.15) is 11.1 Å². The van der Waals surface area contributed by atoms with Crippen LogP contribution < -0.4 is 5.32 Å². The Kier molecular flexibility index (Phi) is 5.72. The van der Waals surface area contributed by atoms with Crippen molar-refractivity contribution in [1.29, 1.82) is 5.26 Å². The van der Waals surface area contributed by atoms with Crippen LogP contribution in [-0.2, 0) is 9.59 Å². The lowest BCUT2D eigenvalue weighted by Crippen LogP contribution is -2.47. The van der Waals surface area contributed by atoms with E-state index >= 15 is 0 Å². The Balaban J connectivity index is 1.64. The number of aliphatic carboxylic acids is 1. The maximum atomic E-state index is 13.2. The minimum atomic E-state index is -0.923. The number of allylic oxidation sites excluding steroid dienone is 2. The number of nitrogens with zero attached hydrogens (tertiary/aromatic N) is 1. The number of carbonyl (C=O) groups excluding carboxylic acids is 1. The molecule has 2 aromatic rings. The van der Waals surface area contributed by atoms with Crippen LogP contribution in [0, 0.1) is 41.9 Å². The first kappa shape index (κ1) is 21.3. The highest BCUT2D eigenvalue weighted by Crippen LogP contribution is 2.46. The summed E-state index contributed by atoms with van der Waals surface area (Å²) >= 11 is 1.37. The first-order valence-corrected chi connectivity index (χ1v) is 11.5. The van der Waals surface area contributed by atoms with E-state index in [1.807, 2.05) is 31.2 Å². The molecular formula is C25H26N2O3S. The van der Waals surface area contributed by atoms with Crippen LogP contribution in [0.1, 0.15) is 48.6 Å². The fraction of sp³-hybridized carbons (Fsp3) is 0.400. The first-order valence-electron chi connectivity index (χ1n) is 10.7. The van der Waals surface area contributed by atoms with Gasteiger partial charge in [-0.3, -0.25) is 9.59 Å². The lowest BCUT2D eigenvalue weighted by atomic mass is 9.62. The number of amides is 1. The van der Waals surface area contributed by atoms with Gasteiger partial charge in [-0.25, -0.2) is 0 Å². The second kappa shape index (κ2) is 8.32. The van der Waals surface area contributed by atoms with Crippen molar-refractivity contribution in [2.75, 3.05) is 5.32 Å². The van der Waals surface area contributed by atoms with Crippen LogP contribution >= 0.6 is 11.3 Å². The van der Waals surface area contributed by atoms with Crippen molar-refractivity contribution in [2.24, 2.45) is 23.7 Å². The largest absolute Gasteiger partial charge is 0.481 e. The SMILES string of the molecule is Cc1sc(NC(=O)[C@H]2[C@@H](C(=O)O)[C@H]3C=C[C@@H]2CC3)c(C#N)c1-c1ccc(C(C)C)cc1. The predicted molar refractivity (Wildman–Crippen MR) is 122 cm³/mol. The van der Waals surface area contributed by atoms with Crippen LogP contribution in [-0.4, -0.2) is 17.0 Å².